The molecule has 7 aliphatic rings. The van der Waals surface area contributed by atoms with Crippen molar-refractivity contribution in [2.24, 2.45) is 28.6 Å². The van der Waals surface area contributed by atoms with Crippen molar-refractivity contribution in [1.82, 2.24) is 10.6 Å². The minimum Gasteiger partial charge on any atom is -0.502 e. The van der Waals surface area contributed by atoms with Gasteiger partial charge in [0.2, 0.25) is 12.5 Å². The number of fused-ring (bicyclic) bond motifs is 8. The van der Waals surface area contributed by atoms with E-state index >= 15 is 9.59 Å². The van der Waals surface area contributed by atoms with E-state index in [1.807, 2.05) is 12.1 Å². The Balaban J connectivity index is 0.851. The zero-order valence-corrected chi connectivity index (χ0v) is 56.0. The summed E-state index contributed by atoms with van der Waals surface area (Å²) in [6, 6.07) is 35.7. The summed E-state index contributed by atoms with van der Waals surface area (Å²) >= 11 is 0. The Morgan fingerprint density at radius 1 is 0.710 bits per heavy atom. The van der Waals surface area contributed by atoms with Gasteiger partial charge in [0, 0.05) is 62.1 Å². The number of hydrogen-bond donors (Lipinski definition) is 5. The molecule has 0 unspecified atom stereocenters. The van der Waals surface area contributed by atoms with E-state index in [1.165, 1.54) is 52.3 Å². The molecule has 6 aromatic rings. The molecule has 3 heterocycles. The molecule has 15 atom stereocenters. The normalized spacial score (nSPS) is 28.6. The molecule has 24 nitrogen and oxygen atoms in total. The quantitative estimate of drug-likeness (QED) is 0.0311. The van der Waals surface area contributed by atoms with Crippen LogP contribution in [0.3, 0.4) is 0 Å². The Morgan fingerprint density at radius 2 is 1.31 bits per heavy atom. The molecule has 0 aromatic heterocycles. The number of aromatic hydroxyl groups is 1. The Kier molecular flexibility index (Phi) is 18.1. The maximum absolute atomic E-state index is 16.7. The van der Waals surface area contributed by atoms with E-state index in [2.05, 4.69) is 10.6 Å². The number of amides is 1. The summed E-state index contributed by atoms with van der Waals surface area (Å²) < 4.78 is 66.9. The molecule has 0 spiro atoms. The number of Topliss-reactive ketones (excluding diaryl/α,β-unsaturated/α-hetero) is 1. The Labute approximate surface area is 575 Å². The Hall–Kier alpha value is -10.1. The van der Waals surface area contributed by atoms with Crippen LogP contribution in [0.15, 0.2) is 151 Å². The van der Waals surface area contributed by atoms with Crippen LogP contribution in [-0.2, 0) is 63.7 Å². The van der Waals surface area contributed by atoms with Gasteiger partial charge in [-0.1, -0.05) is 92.7 Å². The highest BCUT2D eigenvalue weighted by Gasteiger charge is 2.79. The van der Waals surface area contributed by atoms with Crippen molar-refractivity contribution in [3.63, 3.8) is 0 Å². The molecular formula is C76H76N2O22. The van der Waals surface area contributed by atoms with Gasteiger partial charge >= 0.3 is 35.8 Å². The van der Waals surface area contributed by atoms with E-state index in [9.17, 15) is 44.1 Å². The Morgan fingerprint density at radius 3 is 1.91 bits per heavy atom. The molecule has 100 heavy (non-hydrogen) atoms. The number of carbonyl (C=O) groups excluding carboxylic acids is 8. The van der Waals surface area contributed by atoms with E-state index < -0.39 is 155 Å². The molecule has 522 valence electrons. The summed E-state index contributed by atoms with van der Waals surface area (Å²) in [5.74, 6) is -9.46. The third-order valence-electron chi connectivity index (χ3n) is 21.5. The van der Waals surface area contributed by atoms with Crippen molar-refractivity contribution in [2.75, 3.05) is 34.2 Å². The topological polar surface area (TPSA) is 323 Å². The highest BCUT2D eigenvalue weighted by molar-refractivity contribution is 5.97. The molecule has 4 aliphatic carbocycles. The van der Waals surface area contributed by atoms with Gasteiger partial charge < -0.3 is 78.1 Å². The summed E-state index contributed by atoms with van der Waals surface area (Å²) in [7, 11) is 2.84. The molecule has 2 bridgehead atoms. The number of phenolic OH excluding ortho intramolecular Hbond substituents is 1. The number of aliphatic hydroxyl groups excluding tert-OH is 1. The van der Waals surface area contributed by atoms with Crippen LogP contribution in [0.2, 0.25) is 0 Å². The van der Waals surface area contributed by atoms with E-state index in [1.54, 1.807) is 117 Å². The first-order chi connectivity index (χ1) is 47.8. The van der Waals surface area contributed by atoms with Crippen molar-refractivity contribution in [3.8, 4) is 28.7 Å². The number of carbonyl (C=O) groups is 8. The molecule has 0 radical (unpaired) electrons. The minimum absolute atomic E-state index is 0.000741. The largest absolute Gasteiger partial charge is 0.502 e. The van der Waals surface area contributed by atoms with Gasteiger partial charge in [-0.3, -0.25) is 24.0 Å². The lowest BCUT2D eigenvalue weighted by molar-refractivity contribution is -0.345. The fourth-order valence-electron chi connectivity index (χ4n) is 16.4. The van der Waals surface area contributed by atoms with E-state index in [-0.39, 0.29) is 71.5 Å². The van der Waals surface area contributed by atoms with Crippen molar-refractivity contribution >= 4 is 47.5 Å². The van der Waals surface area contributed by atoms with Crippen LogP contribution in [0.1, 0.15) is 131 Å². The highest BCUT2D eigenvalue weighted by Crippen LogP contribution is 2.65. The van der Waals surface area contributed by atoms with Crippen LogP contribution >= 0.6 is 0 Å². The number of phenols is 1. The van der Waals surface area contributed by atoms with Crippen LogP contribution in [0.5, 0.6) is 28.7 Å². The van der Waals surface area contributed by atoms with E-state index in [0.29, 0.717) is 28.2 Å². The predicted octanol–water partition coefficient (Wildman–Crippen LogP) is 7.82. The molecule has 2 saturated carbocycles. The summed E-state index contributed by atoms with van der Waals surface area (Å²) in [4.78, 5) is 117. The first-order valence-corrected chi connectivity index (χ1v) is 32.9. The van der Waals surface area contributed by atoms with Crippen molar-refractivity contribution in [1.29, 1.82) is 0 Å². The summed E-state index contributed by atoms with van der Waals surface area (Å²) in [6.07, 6.45) is -11.5. The van der Waals surface area contributed by atoms with Gasteiger partial charge in [0.25, 0.3) is 5.91 Å². The average Bonchev–Trinajstić information content (AvgIpc) is 0.788. The van der Waals surface area contributed by atoms with Crippen LogP contribution in [0, 0.1) is 28.6 Å². The second kappa shape index (κ2) is 26.5. The van der Waals surface area contributed by atoms with Crippen molar-refractivity contribution in [2.45, 2.75) is 127 Å². The number of ether oxygens (including phenoxy) is 11. The van der Waals surface area contributed by atoms with Crippen LogP contribution in [0.4, 0.5) is 0 Å². The molecule has 2 saturated heterocycles. The highest BCUT2D eigenvalue weighted by atomic mass is 16.7. The van der Waals surface area contributed by atoms with Gasteiger partial charge in [-0.25, -0.2) is 14.4 Å². The average molecular weight is 1370 g/mol. The lowest BCUT2D eigenvalue weighted by Gasteiger charge is -2.67. The zero-order valence-electron chi connectivity index (χ0n) is 56.0. The number of methoxy groups -OCH3 is 2. The SMILES string of the molecule is COc1cc([C@@H]2c3cc4c(cc3[C@@H](NCc3ccc(C(=O)O[C@H]5C[C@H]6OC[C@@]6(OC(C)=O)[C@H]6[C@H](OC(=O)c7ccccc7)[C@]7(O)C[C@H](OC(=O)[C@H](O)[C@@H](NC(=O)c8ccccc8)c8ccccc8)C(C)=C([C@@H](OC(C)=O)C(=O)[C@]56C)C7(C)C)cc3)[C@H]3COC(=O)[C@H]23)OCO4)cc(OC)c1O. The molecule has 3 aliphatic heterocycles. The number of cyclic esters (lactones) is 1. The molecule has 5 N–H and O–H groups in total. The minimum atomic E-state index is -2.56. The zero-order chi connectivity index (χ0) is 70.9. The molecule has 13 rings (SSSR count). The monoisotopic (exact) mass is 1370 g/mol. The molecule has 1 amide bonds. The number of benzene rings is 6. The summed E-state index contributed by atoms with van der Waals surface area (Å²) in [6.45, 7) is 8.04. The Bertz CT molecular complexity index is 4250. The first kappa shape index (κ1) is 68.4. The van der Waals surface area contributed by atoms with Crippen LogP contribution in [-0.4, -0.2) is 145 Å². The number of hydrogen-bond acceptors (Lipinski definition) is 23. The maximum atomic E-state index is 16.7. The number of nitrogens with one attached hydrogen (secondary N) is 2. The third kappa shape index (κ3) is 11.6. The summed E-state index contributed by atoms with van der Waals surface area (Å²) in [5, 5.41) is 43.8. The standard InChI is InChI=1S/C76H76N2O22/c1-38-54(97-72(88)63(82)60(42-18-12-9-13-19-42)78-68(84)43-20-14-10-15-21-43)33-76(89)67(99-70(86)44-22-16-11-17-23-44)65-74(6,66(83)64(96-39(2)79)59(38)73(76,4)5)55(32-56-75(65,36-93-56)100-40(3)80)98-69(85)45-26-24-41(25-27-45)34-77-61-48-31-51-50(94-37-95-51)30-47(48)57(58-49(61)35-92-71(58)87)46-28-52(90-7)62(81)53(29-46)91-8/h9-31,49,54-58,60-61,63-65,67,77,81-82,89H,32-37H2,1-8H3,(H,78,84)/t49-,54-,55-,56+,57+,58-,60-,61+,63+,64+,65-,67-,74+,75-,76+/m0/s1. The van der Waals surface area contributed by atoms with Gasteiger partial charge in [-0.2, -0.15) is 0 Å². The van der Waals surface area contributed by atoms with E-state index in [0.717, 1.165) is 25.0 Å². The fraction of sp³-hybridized carbons (Fsp3) is 0.395. The first-order valence-electron chi connectivity index (χ1n) is 32.9. The molecule has 6 aromatic carbocycles. The number of aliphatic hydroxyl groups is 2. The smallest absolute Gasteiger partial charge is 0.338 e. The van der Waals surface area contributed by atoms with Crippen LogP contribution < -0.4 is 29.6 Å². The van der Waals surface area contributed by atoms with Gasteiger partial charge in [-0.05, 0) is 113 Å². The molecular weight excluding hydrogens is 1290 g/mol. The number of esters is 6. The molecule has 24 heteroatoms. The fourth-order valence-corrected chi connectivity index (χ4v) is 16.4. The van der Waals surface area contributed by atoms with E-state index in [4.69, 9.17) is 52.1 Å². The van der Waals surface area contributed by atoms with Gasteiger partial charge in [-0.15, -0.1) is 0 Å². The second-order valence-electron chi connectivity index (χ2n) is 27.2. The van der Waals surface area contributed by atoms with Gasteiger partial charge in [0.1, 0.15) is 30.0 Å². The maximum Gasteiger partial charge on any atom is 0.338 e. The second-order valence-corrected chi connectivity index (χ2v) is 27.2. The van der Waals surface area contributed by atoms with Crippen LogP contribution in [0.25, 0.3) is 0 Å². The number of rotatable bonds is 18. The summed E-state index contributed by atoms with van der Waals surface area (Å²) in [5.41, 5.74) is -5.17. The van der Waals surface area contributed by atoms with Gasteiger partial charge in [0.05, 0.1) is 61.9 Å². The van der Waals surface area contributed by atoms with Crippen molar-refractivity contribution in [3.05, 3.63) is 195 Å². The van der Waals surface area contributed by atoms with Gasteiger partial charge in [0.15, 0.2) is 46.6 Å². The van der Waals surface area contributed by atoms with Crippen molar-refractivity contribution < 1.29 is 106 Å². The third-order valence-corrected chi connectivity index (χ3v) is 21.5. The molecule has 4 fully saturated rings. The predicted molar refractivity (Wildman–Crippen MR) is 350 cm³/mol. The number of ketones is 1. The lowest BCUT2D eigenvalue weighted by Crippen LogP contribution is -2.82. The lowest BCUT2D eigenvalue weighted by atomic mass is 9.44.